The van der Waals surface area contributed by atoms with Gasteiger partial charge < -0.3 is 10.1 Å². The molecule has 0 aliphatic rings. The fourth-order valence-electron chi connectivity index (χ4n) is 2.55. The minimum Gasteiger partial charge on any atom is -0.496 e. The van der Waals surface area contributed by atoms with Crippen molar-refractivity contribution in [3.63, 3.8) is 0 Å². The van der Waals surface area contributed by atoms with Crippen molar-refractivity contribution in [3.8, 4) is 5.75 Å². The predicted molar refractivity (Wildman–Crippen MR) is 86.1 cm³/mol. The standard InChI is InChI=1S/C16H19N5O/c1-10-5-6-14(22-4)12(7-10)11(2)20-15-13-8-19-21(3)16(13)18-9-17-15/h5-9,11H,1-4H3,(H,17,18,20)/t11-/m1/s1. The molecule has 6 heteroatoms. The van der Waals surface area contributed by atoms with E-state index in [1.54, 1.807) is 24.3 Å². The van der Waals surface area contributed by atoms with E-state index in [4.69, 9.17) is 4.74 Å². The summed E-state index contributed by atoms with van der Waals surface area (Å²) in [6, 6.07) is 6.20. The van der Waals surface area contributed by atoms with Crippen LogP contribution >= 0.6 is 0 Å². The molecule has 0 amide bonds. The van der Waals surface area contributed by atoms with E-state index in [0.717, 1.165) is 28.2 Å². The molecule has 0 spiro atoms. The van der Waals surface area contributed by atoms with Crippen molar-refractivity contribution in [1.82, 2.24) is 19.7 Å². The maximum Gasteiger partial charge on any atom is 0.163 e. The zero-order chi connectivity index (χ0) is 15.7. The van der Waals surface area contributed by atoms with Gasteiger partial charge in [-0.15, -0.1) is 0 Å². The van der Waals surface area contributed by atoms with Crippen LogP contribution in [0, 0.1) is 6.92 Å². The molecule has 3 rings (SSSR count). The summed E-state index contributed by atoms with van der Waals surface area (Å²) in [5, 5.41) is 8.57. The number of nitrogens with zero attached hydrogens (tertiary/aromatic N) is 4. The van der Waals surface area contributed by atoms with Gasteiger partial charge in [-0.25, -0.2) is 9.97 Å². The van der Waals surface area contributed by atoms with Crippen LogP contribution in [0.4, 0.5) is 5.82 Å². The summed E-state index contributed by atoms with van der Waals surface area (Å²) in [5.74, 6) is 1.64. The van der Waals surface area contributed by atoms with Crippen LogP contribution < -0.4 is 10.1 Å². The molecule has 0 fully saturated rings. The van der Waals surface area contributed by atoms with Crippen LogP contribution in [0.3, 0.4) is 0 Å². The molecule has 6 nitrogen and oxygen atoms in total. The summed E-state index contributed by atoms with van der Waals surface area (Å²) in [4.78, 5) is 8.60. The van der Waals surface area contributed by atoms with Gasteiger partial charge in [0.2, 0.25) is 0 Å². The highest BCUT2D eigenvalue weighted by molar-refractivity contribution is 5.86. The first-order valence-electron chi connectivity index (χ1n) is 7.14. The summed E-state index contributed by atoms with van der Waals surface area (Å²) in [6.45, 7) is 4.15. The second-order valence-electron chi connectivity index (χ2n) is 5.34. The molecule has 0 aliphatic carbocycles. The smallest absolute Gasteiger partial charge is 0.163 e. The molecule has 0 saturated heterocycles. The van der Waals surface area contributed by atoms with E-state index in [0.29, 0.717) is 0 Å². The van der Waals surface area contributed by atoms with Crippen LogP contribution in [0.15, 0.2) is 30.7 Å². The van der Waals surface area contributed by atoms with Gasteiger partial charge in [0.25, 0.3) is 0 Å². The molecule has 0 radical (unpaired) electrons. The van der Waals surface area contributed by atoms with Gasteiger partial charge in [0.15, 0.2) is 5.65 Å². The summed E-state index contributed by atoms with van der Waals surface area (Å²) in [6.07, 6.45) is 3.32. The number of hydrogen-bond donors (Lipinski definition) is 1. The third-order valence-corrected chi connectivity index (χ3v) is 3.73. The quantitative estimate of drug-likeness (QED) is 0.802. The fourth-order valence-corrected chi connectivity index (χ4v) is 2.55. The Morgan fingerprint density at radius 2 is 2.09 bits per heavy atom. The van der Waals surface area contributed by atoms with E-state index in [1.807, 2.05) is 19.2 Å². The SMILES string of the molecule is COc1ccc(C)cc1[C@@H](C)Nc1ncnc2c1cnn2C. The van der Waals surface area contributed by atoms with Gasteiger partial charge in [0, 0.05) is 12.6 Å². The Bertz CT molecular complexity index is 811. The van der Waals surface area contributed by atoms with Gasteiger partial charge in [-0.3, -0.25) is 4.68 Å². The monoisotopic (exact) mass is 297 g/mol. The summed E-state index contributed by atoms with van der Waals surface area (Å²) >= 11 is 0. The largest absolute Gasteiger partial charge is 0.496 e. The molecule has 1 N–H and O–H groups in total. The number of anilines is 1. The van der Waals surface area contributed by atoms with Crippen molar-refractivity contribution < 1.29 is 4.74 Å². The Kier molecular flexibility index (Phi) is 3.66. The lowest BCUT2D eigenvalue weighted by Gasteiger charge is -2.18. The van der Waals surface area contributed by atoms with Crippen LogP contribution in [-0.2, 0) is 7.05 Å². The fraction of sp³-hybridized carbons (Fsp3) is 0.312. The lowest BCUT2D eigenvalue weighted by atomic mass is 10.0. The molecule has 3 aromatic rings. The van der Waals surface area contributed by atoms with Gasteiger partial charge in [0.05, 0.1) is 24.7 Å². The average Bonchev–Trinajstić information content (AvgIpc) is 2.90. The minimum absolute atomic E-state index is 0.0492. The van der Waals surface area contributed by atoms with Gasteiger partial charge in [0.1, 0.15) is 17.9 Å². The van der Waals surface area contributed by atoms with Gasteiger partial charge in [-0.1, -0.05) is 17.7 Å². The molecule has 114 valence electrons. The molecule has 0 saturated carbocycles. The van der Waals surface area contributed by atoms with E-state index < -0.39 is 0 Å². The molecule has 0 aliphatic heterocycles. The third-order valence-electron chi connectivity index (χ3n) is 3.73. The number of aryl methyl sites for hydroxylation is 2. The lowest BCUT2D eigenvalue weighted by Crippen LogP contribution is -2.10. The number of nitrogens with one attached hydrogen (secondary N) is 1. The zero-order valence-corrected chi connectivity index (χ0v) is 13.2. The first kappa shape index (κ1) is 14.3. The Morgan fingerprint density at radius 1 is 1.27 bits per heavy atom. The second-order valence-corrected chi connectivity index (χ2v) is 5.34. The summed E-state index contributed by atoms with van der Waals surface area (Å²) < 4.78 is 7.20. The van der Waals surface area contributed by atoms with Crippen LogP contribution in [0.5, 0.6) is 5.75 Å². The number of rotatable bonds is 4. The van der Waals surface area contributed by atoms with Crippen molar-refractivity contribution >= 4 is 16.9 Å². The number of methoxy groups -OCH3 is 1. The number of benzene rings is 1. The van der Waals surface area contributed by atoms with Gasteiger partial charge in [-0.2, -0.15) is 5.10 Å². The maximum atomic E-state index is 5.46. The van der Waals surface area contributed by atoms with Crippen molar-refractivity contribution in [1.29, 1.82) is 0 Å². The van der Waals surface area contributed by atoms with E-state index in [1.165, 1.54) is 5.56 Å². The van der Waals surface area contributed by atoms with E-state index in [2.05, 4.69) is 40.3 Å². The van der Waals surface area contributed by atoms with Crippen molar-refractivity contribution in [2.75, 3.05) is 12.4 Å². The zero-order valence-electron chi connectivity index (χ0n) is 13.2. The van der Waals surface area contributed by atoms with Crippen LogP contribution in [0.2, 0.25) is 0 Å². The minimum atomic E-state index is 0.0492. The van der Waals surface area contributed by atoms with Crippen LogP contribution in [0.25, 0.3) is 11.0 Å². The Balaban J connectivity index is 1.96. The topological polar surface area (TPSA) is 64.9 Å². The molecule has 22 heavy (non-hydrogen) atoms. The van der Waals surface area contributed by atoms with E-state index in [-0.39, 0.29) is 6.04 Å². The van der Waals surface area contributed by atoms with Crippen molar-refractivity contribution in [3.05, 3.63) is 41.9 Å². The summed E-state index contributed by atoms with van der Waals surface area (Å²) in [7, 11) is 3.55. The highest BCUT2D eigenvalue weighted by atomic mass is 16.5. The third kappa shape index (κ3) is 2.47. The Hall–Kier alpha value is -2.63. The molecule has 1 aromatic carbocycles. The number of aromatic nitrogens is 4. The van der Waals surface area contributed by atoms with Crippen molar-refractivity contribution in [2.45, 2.75) is 19.9 Å². The Labute approximate surface area is 129 Å². The lowest BCUT2D eigenvalue weighted by molar-refractivity contribution is 0.408. The predicted octanol–water partition coefficient (Wildman–Crippen LogP) is 2.85. The molecular formula is C16H19N5O. The van der Waals surface area contributed by atoms with Gasteiger partial charge in [-0.05, 0) is 19.9 Å². The average molecular weight is 297 g/mol. The van der Waals surface area contributed by atoms with Crippen molar-refractivity contribution in [2.24, 2.45) is 7.05 Å². The molecular weight excluding hydrogens is 278 g/mol. The molecule has 0 bridgehead atoms. The first-order chi connectivity index (χ1) is 10.6. The number of ether oxygens (including phenoxy) is 1. The molecule has 2 heterocycles. The maximum absolute atomic E-state index is 5.46. The molecule has 0 unspecified atom stereocenters. The van der Waals surface area contributed by atoms with Crippen LogP contribution in [0.1, 0.15) is 24.1 Å². The number of fused-ring (bicyclic) bond motifs is 1. The highest BCUT2D eigenvalue weighted by Gasteiger charge is 2.15. The molecule has 1 atom stereocenters. The van der Waals surface area contributed by atoms with E-state index in [9.17, 15) is 0 Å². The molecule has 2 aromatic heterocycles. The van der Waals surface area contributed by atoms with E-state index >= 15 is 0 Å². The normalized spacial score (nSPS) is 12.4. The Morgan fingerprint density at radius 3 is 2.86 bits per heavy atom. The van der Waals surface area contributed by atoms with Crippen LogP contribution in [-0.4, -0.2) is 26.9 Å². The van der Waals surface area contributed by atoms with Gasteiger partial charge >= 0.3 is 0 Å². The summed E-state index contributed by atoms with van der Waals surface area (Å²) in [5.41, 5.74) is 3.10. The first-order valence-corrected chi connectivity index (χ1v) is 7.14. The number of hydrogen-bond acceptors (Lipinski definition) is 5. The second kappa shape index (κ2) is 5.63. The highest BCUT2D eigenvalue weighted by Crippen LogP contribution is 2.29.